The van der Waals surface area contributed by atoms with Crippen molar-refractivity contribution in [2.45, 2.75) is 18.9 Å². The number of hydrogen-bond donors (Lipinski definition) is 4. The van der Waals surface area contributed by atoms with Gasteiger partial charge in [-0.1, -0.05) is 18.7 Å². The van der Waals surface area contributed by atoms with E-state index in [9.17, 15) is 4.79 Å². The van der Waals surface area contributed by atoms with Crippen molar-refractivity contribution in [2.24, 2.45) is 0 Å². The predicted molar refractivity (Wildman–Crippen MR) is 143 cm³/mol. The second kappa shape index (κ2) is 10.5. The maximum atomic E-state index is 15.1. The van der Waals surface area contributed by atoms with Crippen LogP contribution >= 0.6 is 0 Å². The molecule has 1 aromatic heterocycles. The van der Waals surface area contributed by atoms with E-state index >= 15 is 4.39 Å². The predicted octanol–water partition coefficient (Wildman–Crippen LogP) is 5.47. The Balaban J connectivity index is 1.40. The summed E-state index contributed by atoms with van der Waals surface area (Å²) in [6.07, 6.45) is 5.07. The van der Waals surface area contributed by atoms with E-state index in [4.69, 9.17) is 0 Å². The van der Waals surface area contributed by atoms with Crippen molar-refractivity contribution in [1.82, 2.24) is 15.3 Å². The summed E-state index contributed by atoms with van der Waals surface area (Å²) in [5, 5.41) is 13.6. The normalized spacial score (nSPS) is 13.8. The molecule has 3 aromatic carbocycles. The highest BCUT2D eigenvalue weighted by atomic mass is 19.1. The molecule has 0 saturated carbocycles. The van der Waals surface area contributed by atoms with Gasteiger partial charge in [0.15, 0.2) is 0 Å². The topological polar surface area (TPSA) is 91.0 Å². The molecule has 0 aliphatic carbocycles. The van der Waals surface area contributed by atoms with Gasteiger partial charge >= 0.3 is 0 Å². The Labute approximate surface area is 208 Å². The fraction of sp³-hybridized carbons (Fsp3) is 0.179. The van der Waals surface area contributed by atoms with E-state index in [1.54, 1.807) is 36.5 Å². The van der Waals surface area contributed by atoms with Gasteiger partial charge in [0.1, 0.15) is 5.82 Å². The van der Waals surface area contributed by atoms with Crippen LogP contribution in [0.4, 0.5) is 27.4 Å². The highest BCUT2D eigenvalue weighted by molar-refractivity contribution is 6.00. The lowest BCUT2D eigenvalue weighted by molar-refractivity contribution is -0.111. The standard InChI is InChI=1S/C28H27FN6O/c1-2-25(36)33-23-5-3-4-18(16-23)26-24(29)11-6-19-17-31-28(35-27(19)26)34-21-9-7-20(8-10-21)32-22-12-14-30-15-13-22/h2-11,16-17,22,30,32H,1,12-15H2,(H,33,36)(H,31,34,35). The molecule has 0 bridgehead atoms. The number of nitrogens with zero attached hydrogens (tertiary/aromatic N) is 2. The van der Waals surface area contributed by atoms with Crippen molar-refractivity contribution < 1.29 is 9.18 Å². The molecule has 8 heteroatoms. The Hall–Kier alpha value is -4.30. The lowest BCUT2D eigenvalue weighted by Crippen LogP contribution is -2.35. The summed E-state index contributed by atoms with van der Waals surface area (Å²) in [5.74, 6) is -0.381. The second-order valence-electron chi connectivity index (χ2n) is 8.70. The smallest absolute Gasteiger partial charge is 0.247 e. The molecule has 1 saturated heterocycles. The van der Waals surface area contributed by atoms with Gasteiger partial charge in [-0.25, -0.2) is 14.4 Å². The largest absolute Gasteiger partial charge is 0.382 e. The zero-order valence-electron chi connectivity index (χ0n) is 19.7. The molecule has 1 aliphatic rings. The van der Waals surface area contributed by atoms with Gasteiger partial charge in [-0.2, -0.15) is 0 Å². The van der Waals surface area contributed by atoms with E-state index in [2.05, 4.69) is 37.8 Å². The molecule has 0 atom stereocenters. The van der Waals surface area contributed by atoms with Crippen LogP contribution < -0.4 is 21.3 Å². The Bertz CT molecular complexity index is 1400. The third-order valence-electron chi connectivity index (χ3n) is 6.16. The first kappa shape index (κ1) is 23.4. The van der Waals surface area contributed by atoms with Crippen molar-refractivity contribution in [2.75, 3.05) is 29.0 Å². The summed E-state index contributed by atoms with van der Waals surface area (Å²) < 4.78 is 15.1. The first-order valence-corrected chi connectivity index (χ1v) is 11.9. The number of rotatable bonds is 7. The molecule has 5 rings (SSSR count). The number of amides is 1. The van der Waals surface area contributed by atoms with Crippen LogP contribution in [0.5, 0.6) is 0 Å². The molecule has 0 radical (unpaired) electrons. The van der Waals surface area contributed by atoms with Crippen LogP contribution in [-0.4, -0.2) is 35.0 Å². The van der Waals surface area contributed by atoms with Crippen LogP contribution in [0, 0.1) is 5.82 Å². The van der Waals surface area contributed by atoms with Crippen LogP contribution in [0.15, 0.2) is 79.5 Å². The van der Waals surface area contributed by atoms with Crippen LogP contribution in [-0.2, 0) is 4.79 Å². The van der Waals surface area contributed by atoms with Gasteiger partial charge in [0.05, 0.1) is 5.52 Å². The van der Waals surface area contributed by atoms with Crippen LogP contribution in [0.3, 0.4) is 0 Å². The number of hydrogen-bond acceptors (Lipinski definition) is 6. The van der Waals surface area contributed by atoms with E-state index in [0.717, 1.165) is 37.3 Å². The number of carbonyl (C=O) groups is 1. The Morgan fingerprint density at radius 2 is 1.81 bits per heavy atom. The minimum Gasteiger partial charge on any atom is -0.382 e. The number of piperidine rings is 1. The molecule has 4 N–H and O–H groups in total. The number of nitrogens with one attached hydrogen (secondary N) is 4. The summed E-state index contributed by atoms with van der Waals surface area (Å²) in [6, 6.07) is 18.5. The molecule has 182 valence electrons. The average molecular weight is 483 g/mol. The lowest BCUT2D eigenvalue weighted by atomic mass is 10.0. The van der Waals surface area contributed by atoms with Gasteiger partial charge in [0.25, 0.3) is 0 Å². The molecule has 1 aliphatic heterocycles. The summed E-state index contributed by atoms with van der Waals surface area (Å²) >= 11 is 0. The minimum absolute atomic E-state index is 0.337. The molecule has 0 unspecified atom stereocenters. The van der Waals surface area contributed by atoms with Crippen molar-refractivity contribution in [3.63, 3.8) is 0 Å². The molecule has 7 nitrogen and oxygen atoms in total. The Morgan fingerprint density at radius 3 is 2.58 bits per heavy atom. The highest BCUT2D eigenvalue weighted by Crippen LogP contribution is 2.32. The van der Waals surface area contributed by atoms with Gasteiger partial charge in [0, 0.05) is 40.3 Å². The fourth-order valence-corrected chi connectivity index (χ4v) is 4.33. The number of carbonyl (C=O) groups excluding carboxylic acids is 1. The second-order valence-corrected chi connectivity index (χ2v) is 8.70. The fourth-order valence-electron chi connectivity index (χ4n) is 4.33. The van der Waals surface area contributed by atoms with Gasteiger partial charge in [-0.05, 0) is 86.1 Å². The van der Waals surface area contributed by atoms with Crippen LogP contribution in [0.25, 0.3) is 22.0 Å². The number of benzene rings is 3. The quantitative estimate of drug-likeness (QED) is 0.261. The van der Waals surface area contributed by atoms with Crippen molar-refractivity contribution >= 4 is 39.8 Å². The molecular formula is C28H27FN6O. The summed E-state index contributed by atoms with van der Waals surface area (Å²) in [4.78, 5) is 20.8. The molecule has 0 spiro atoms. The van der Waals surface area contributed by atoms with Crippen LogP contribution in [0.2, 0.25) is 0 Å². The van der Waals surface area contributed by atoms with Gasteiger partial charge in [0.2, 0.25) is 11.9 Å². The summed E-state index contributed by atoms with van der Waals surface area (Å²) in [5.41, 5.74) is 3.85. The molecule has 2 heterocycles. The first-order chi connectivity index (χ1) is 17.6. The summed E-state index contributed by atoms with van der Waals surface area (Å²) in [7, 11) is 0. The van der Waals surface area contributed by atoms with Gasteiger partial charge < -0.3 is 21.3 Å². The maximum absolute atomic E-state index is 15.1. The number of halogens is 1. The van der Waals surface area contributed by atoms with E-state index < -0.39 is 5.82 Å². The van der Waals surface area contributed by atoms with Gasteiger partial charge in [-0.15, -0.1) is 0 Å². The maximum Gasteiger partial charge on any atom is 0.247 e. The average Bonchev–Trinajstić information content (AvgIpc) is 2.90. The zero-order chi connectivity index (χ0) is 24.9. The first-order valence-electron chi connectivity index (χ1n) is 11.9. The third-order valence-corrected chi connectivity index (χ3v) is 6.16. The zero-order valence-corrected chi connectivity index (χ0v) is 19.7. The van der Waals surface area contributed by atoms with E-state index in [1.807, 2.05) is 24.3 Å². The molecule has 1 amide bonds. The van der Waals surface area contributed by atoms with Crippen molar-refractivity contribution in [3.05, 3.63) is 85.3 Å². The third kappa shape index (κ3) is 5.34. The highest BCUT2D eigenvalue weighted by Gasteiger charge is 2.15. The number of aromatic nitrogens is 2. The van der Waals surface area contributed by atoms with Crippen molar-refractivity contribution in [1.29, 1.82) is 0 Å². The Kier molecular flexibility index (Phi) is 6.86. The molecular weight excluding hydrogens is 455 g/mol. The molecule has 1 fully saturated rings. The molecule has 36 heavy (non-hydrogen) atoms. The van der Waals surface area contributed by atoms with Gasteiger partial charge in [-0.3, -0.25) is 4.79 Å². The number of anilines is 4. The number of fused-ring (bicyclic) bond motifs is 1. The molecule has 4 aromatic rings. The van der Waals surface area contributed by atoms with E-state index in [0.29, 0.717) is 39.7 Å². The van der Waals surface area contributed by atoms with Crippen molar-refractivity contribution in [3.8, 4) is 11.1 Å². The lowest BCUT2D eigenvalue weighted by Gasteiger charge is -2.24. The monoisotopic (exact) mass is 482 g/mol. The Morgan fingerprint density at radius 1 is 1.03 bits per heavy atom. The SMILES string of the molecule is C=CC(=O)Nc1cccc(-c2c(F)ccc3cnc(Nc4ccc(NC5CCNCC5)cc4)nc23)c1. The van der Waals surface area contributed by atoms with E-state index in [-0.39, 0.29) is 5.91 Å². The minimum atomic E-state index is -0.410. The summed E-state index contributed by atoms with van der Waals surface area (Å²) in [6.45, 7) is 5.53. The van der Waals surface area contributed by atoms with E-state index in [1.165, 1.54) is 12.1 Å². The van der Waals surface area contributed by atoms with Crippen LogP contribution in [0.1, 0.15) is 12.8 Å².